The first kappa shape index (κ1) is 17.9. The highest BCUT2D eigenvalue weighted by molar-refractivity contribution is 5.84. The van der Waals surface area contributed by atoms with Crippen LogP contribution in [0.1, 0.15) is 22.3 Å². The van der Waals surface area contributed by atoms with Gasteiger partial charge < -0.3 is 0 Å². The van der Waals surface area contributed by atoms with Crippen LogP contribution in [0.25, 0.3) is 22.3 Å². The van der Waals surface area contributed by atoms with Gasteiger partial charge in [-0.2, -0.15) is 9.78 Å². The molecule has 3 aromatic carbocycles. The normalized spacial score (nSPS) is 11.4. The van der Waals surface area contributed by atoms with E-state index < -0.39 is 0 Å². The standard InChI is InChI=1S/C24H21N3O/c1-16-13-17(2)21(18(3)14-16)15-25-27-23(19-9-5-4-6-10-19)26-22-12-8-7-11-20(22)24(27)28/h4-15H,1-3H3. The highest BCUT2D eigenvalue weighted by atomic mass is 16.1. The van der Waals surface area contributed by atoms with Gasteiger partial charge in [0, 0.05) is 11.1 Å². The molecule has 4 rings (SSSR count). The molecule has 0 N–H and O–H groups in total. The molecule has 0 amide bonds. The summed E-state index contributed by atoms with van der Waals surface area (Å²) in [7, 11) is 0. The van der Waals surface area contributed by atoms with Gasteiger partial charge in [-0.1, -0.05) is 60.2 Å². The van der Waals surface area contributed by atoms with Crippen molar-refractivity contribution in [3.63, 3.8) is 0 Å². The van der Waals surface area contributed by atoms with Gasteiger partial charge in [0.05, 0.1) is 17.1 Å². The van der Waals surface area contributed by atoms with Crippen LogP contribution in [0.4, 0.5) is 0 Å². The Kier molecular flexibility index (Phi) is 4.62. The second-order valence-electron chi connectivity index (χ2n) is 6.99. The van der Waals surface area contributed by atoms with Crippen molar-refractivity contribution in [2.45, 2.75) is 20.8 Å². The zero-order valence-electron chi connectivity index (χ0n) is 16.2. The van der Waals surface area contributed by atoms with E-state index in [9.17, 15) is 4.79 Å². The molecule has 4 heteroatoms. The van der Waals surface area contributed by atoms with Crippen LogP contribution in [0.15, 0.2) is 76.6 Å². The van der Waals surface area contributed by atoms with Crippen LogP contribution in [-0.4, -0.2) is 15.9 Å². The van der Waals surface area contributed by atoms with Gasteiger partial charge in [-0.05, 0) is 44.0 Å². The Bertz CT molecular complexity index is 1230. The van der Waals surface area contributed by atoms with Gasteiger partial charge in [-0.25, -0.2) is 4.98 Å². The second kappa shape index (κ2) is 7.24. The van der Waals surface area contributed by atoms with E-state index in [1.807, 2.05) is 48.5 Å². The molecule has 0 saturated carbocycles. The average Bonchev–Trinajstić information content (AvgIpc) is 2.69. The summed E-state index contributed by atoms with van der Waals surface area (Å²) in [6, 6.07) is 21.3. The number of aromatic nitrogens is 2. The van der Waals surface area contributed by atoms with Crippen molar-refractivity contribution >= 4 is 17.1 Å². The van der Waals surface area contributed by atoms with Gasteiger partial charge in [-0.15, -0.1) is 0 Å². The molecule has 1 aromatic heterocycles. The maximum Gasteiger partial charge on any atom is 0.282 e. The molecule has 28 heavy (non-hydrogen) atoms. The lowest BCUT2D eigenvalue weighted by molar-refractivity contribution is 0.829. The molecular formula is C24H21N3O. The molecule has 4 nitrogen and oxygen atoms in total. The van der Waals surface area contributed by atoms with Gasteiger partial charge in [0.25, 0.3) is 5.56 Å². The number of nitrogens with zero attached hydrogens (tertiary/aromatic N) is 3. The van der Waals surface area contributed by atoms with Crippen LogP contribution in [0.2, 0.25) is 0 Å². The zero-order chi connectivity index (χ0) is 19.7. The minimum atomic E-state index is -0.178. The Morgan fingerprint density at radius 1 is 0.893 bits per heavy atom. The quantitative estimate of drug-likeness (QED) is 0.485. The van der Waals surface area contributed by atoms with Gasteiger partial charge in [0.1, 0.15) is 0 Å². The van der Waals surface area contributed by atoms with Crippen molar-refractivity contribution in [3.8, 4) is 11.4 Å². The summed E-state index contributed by atoms with van der Waals surface area (Å²) in [6.07, 6.45) is 1.76. The van der Waals surface area contributed by atoms with Crippen molar-refractivity contribution in [2.75, 3.05) is 0 Å². The maximum absolute atomic E-state index is 13.2. The number of benzene rings is 3. The van der Waals surface area contributed by atoms with Crippen molar-refractivity contribution < 1.29 is 0 Å². The number of hydrogen-bond acceptors (Lipinski definition) is 3. The van der Waals surface area contributed by atoms with Crippen LogP contribution in [0, 0.1) is 20.8 Å². The molecule has 1 heterocycles. The van der Waals surface area contributed by atoms with Gasteiger partial charge in [0.2, 0.25) is 0 Å². The van der Waals surface area contributed by atoms with E-state index in [1.165, 1.54) is 10.2 Å². The van der Waals surface area contributed by atoms with Crippen LogP contribution in [0.5, 0.6) is 0 Å². The van der Waals surface area contributed by atoms with E-state index in [2.05, 4.69) is 38.0 Å². The molecule has 4 aromatic rings. The molecule has 0 atom stereocenters. The third-order valence-corrected chi connectivity index (χ3v) is 4.83. The summed E-state index contributed by atoms with van der Waals surface area (Å²) < 4.78 is 1.40. The number of aryl methyl sites for hydroxylation is 3. The van der Waals surface area contributed by atoms with Crippen LogP contribution < -0.4 is 5.56 Å². The largest absolute Gasteiger partial charge is 0.282 e. The summed E-state index contributed by atoms with van der Waals surface area (Å²) in [5.74, 6) is 0.531. The predicted octanol–water partition coefficient (Wildman–Crippen LogP) is 4.87. The van der Waals surface area contributed by atoms with Gasteiger partial charge >= 0.3 is 0 Å². The van der Waals surface area contributed by atoms with E-state index in [1.54, 1.807) is 12.3 Å². The molecule has 0 fully saturated rings. The highest BCUT2D eigenvalue weighted by Crippen LogP contribution is 2.19. The van der Waals surface area contributed by atoms with Gasteiger partial charge in [-0.3, -0.25) is 4.79 Å². The van der Waals surface area contributed by atoms with Crippen LogP contribution in [0.3, 0.4) is 0 Å². The molecule has 0 spiro atoms. The molecule has 0 unspecified atom stereocenters. The van der Waals surface area contributed by atoms with E-state index in [0.29, 0.717) is 16.7 Å². The summed E-state index contributed by atoms with van der Waals surface area (Å²) in [4.78, 5) is 17.9. The third kappa shape index (κ3) is 3.25. The lowest BCUT2D eigenvalue weighted by atomic mass is 10.0. The molecule has 0 aliphatic carbocycles. The predicted molar refractivity (Wildman–Crippen MR) is 115 cm³/mol. The Morgan fingerprint density at radius 3 is 2.25 bits per heavy atom. The molecule has 0 saturated heterocycles. The summed E-state index contributed by atoms with van der Waals surface area (Å²) in [5.41, 5.74) is 5.82. The summed E-state index contributed by atoms with van der Waals surface area (Å²) in [6.45, 7) is 6.19. The highest BCUT2D eigenvalue weighted by Gasteiger charge is 2.12. The first-order valence-electron chi connectivity index (χ1n) is 9.24. The molecule has 0 bridgehead atoms. The van der Waals surface area contributed by atoms with Crippen molar-refractivity contribution in [1.29, 1.82) is 0 Å². The summed E-state index contributed by atoms with van der Waals surface area (Å²) in [5, 5.41) is 5.12. The third-order valence-electron chi connectivity index (χ3n) is 4.83. The van der Waals surface area contributed by atoms with E-state index in [-0.39, 0.29) is 5.56 Å². The minimum Gasteiger partial charge on any atom is -0.267 e. The first-order chi connectivity index (χ1) is 13.5. The number of fused-ring (bicyclic) bond motifs is 1. The maximum atomic E-state index is 13.2. The number of para-hydroxylation sites is 1. The van der Waals surface area contributed by atoms with E-state index in [4.69, 9.17) is 4.98 Å². The topological polar surface area (TPSA) is 47.2 Å². The monoisotopic (exact) mass is 367 g/mol. The zero-order valence-corrected chi connectivity index (χ0v) is 16.2. The van der Waals surface area contributed by atoms with Crippen molar-refractivity contribution in [2.24, 2.45) is 5.10 Å². The molecule has 0 aliphatic rings. The lowest BCUT2D eigenvalue weighted by Gasteiger charge is -2.10. The SMILES string of the molecule is Cc1cc(C)c(C=Nn2c(-c3ccccc3)nc3ccccc3c2=O)c(C)c1. The van der Waals surface area contributed by atoms with Gasteiger partial charge in [0.15, 0.2) is 5.82 Å². The average molecular weight is 367 g/mol. The number of rotatable bonds is 3. The Balaban J connectivity index is 1.96. The molecule has 0 aliphatic heterocycles. The summed E-state index contributed by atoms with van der Waals surface area (Å²) >= 11 is 0. The molecule has 138 valence electrons. The second-order valence-corrected chi connectivity index (χ2v) is 6.99. The fraction of sp³-hybridized carbons (Fsp3) is 0.125. The number of hydrogen-bond donors (Lipinski definition) is 0. The first-order valence-corrected chi connectivity index (χ1v) is 9.24. The lowest BCUT2D eigenvalue weighted by Crippen LogP contribution is -2.20. The smallest absolute Gasteiger partial charge is 0.267 e. The Morgan fingerprint density at radius 2 is 1.54 bits per heavy atom. The fourth-order valence-electron chi connectivity index (χ4n) is 3.52. The van der Waals surface area contributed by atoms with E-state index >= 15 is 0 Å². The van der Waals surface area contributed by atoms with Crippen LogP contribution >= 0.6 is 0 Å². The molecule has 0 radical (unpaired) electrons. The minimum absolute atomic E-state index is 0.178. The molecular weight excluding hydrogens is 346 g/mol. The van der Waals surface area contributed by atoms with E-state index in [0.717, 1.165) is 22.3 Å². The Hall–Kier alpha value is -3.53. The Labute approximate surface area is 163 Å². The van der Waals surface area contributed by atoms with Crippen molar-refractivity contribution in [1.82, 2.24) is 9.66 Å². The fourth-order valence-corrected chi connectivity index (χ4v) is 3.52. The van der Waals surface area contributed by atoms with Crippen LogP contribution in [-0.2, 0) is 0 Å². The van der Waals surface area contributed by atoms with Crippen molar-refractivity contribution in [3.05, 3.63) is 99.3 Å².